The molecule has 2 aliphatic heterocycles. The second-order valence-corrected chi connectivity index (χ2v) is 8.93. The normalized spacial score (nSPS) is 17.0. The van der Waals surface area contributed by atoms with Gasteiger partial charge in [0.25, 0.3) is 0 Å². The summed E-state index contributed by atoms with van der Waals surface area (Å²) >= 11 is 1.65. The molecule has 162 valence electrons. The van der Waals surface area contributed by atoms with Gasteiger partial charge in [0.2, 0.25) is 5.91 Å². The van der Waals surface area contributed by atoms with Gasteiger partial charge in [0.1, 0.15) is 11.5 Å². The average molecular weight is 439 g/mol. The number of aromatic nitrogens is 1. The van der Waals surface area contributed by atoms with Crippen molar-refractivity contribution in [1.82, 2.24) is 9.88 Å². The van der Waals surface area contributed by atoms with Gasteiger partial charge < -0.3 is 24.2 Å². The third kappa shape index (κ3) is 3.76. The van der Waals surface area contributed by atoms with Crippen LogP contribution in [-0.2, 0) is 4.79 Å². The molecule has 5 rings (SSSR count). The number of amides is 1. The number of nitrogens with zero attached hydrogens (tertiary/aromatic N) is 4. The minimum absolute atomic E-state index is 0.0550. The SMILES string of the molecule is COc1ccc2nc(N3CC(C(=O)N4CCN(c5ccccc5OC)CC4)C3)sc2c1. The molecule has 0 atom stereocenters. The minimum Gasteiger partial charge on any atom is -0.497 e. The summed E-state index contributed by atoms with van der Waals surface area (Å²) in [5.41, 5.74) is 2.07. The van der Waals surface area contributed by atoms with E-state index in [0.717, 1.165) is 71.8 Å². The Morgan fingerprint density at radius 1 is 1.00 bits per heavy atom. The van der Waals surface area contributed by atoms with Gasteiger partial charge in [-0.2, -0.15) is 0 Å². The molecule has 0 radical (unpaired) electrons. The predicted octanol–water partition coefficient (Wildman–Crippen LogP) is 3.10. The van der Waals surface area contributed by atoms with Crippen molar-refractivity contribution in [3.63, 3.8) is 0 Å². The Hall–Kier alpha value is -3.00. The van der Waals surface area contributed by atoms with E-state index in [9.17, 15) is 4.79 Å². The van der Waals surface area contributed by atoms with Crippen LogP contribution in [0.1, 0.15) is 0 Å². The Morgan fingerprint density at radius 2 is 1.77 bits per heavy atom. The van der Waals surface area contributed by atoms with E-state index in [1.165, 1.54) is 0 Å². The topological polar surface area (TPSA) is 58.1 Å². The first-order chi connectivity index (χ1) is 15.2. The molecule has 31 heavy (non-hydrogen) atoms. The lowest BCUT2D eigenvalue weighted by Gasteiger charge is -2.43. The molecule has 0 bridgehead atoms. The summed E-state index contributed by atoms with van der Waals surface area (Å²) in [4.78, 5) is 24.2. The summed E-state index contributed by atoms with van der Waals surface area (Å²) in [6.07, 6.45) is 0. The van der Waals surface area contributed by atoms with Crippen LogP contribution >= 0.6 is 11.3 Å². The lowest BCUT2D eigenvalue weighted by molar-refractivity contribution is -0.136. The van der Waals surface area contributed by atoms with Crippen LogP contribution in [-0.4, -0.2) is 69.3 Å². The van der Waals surface area contributed by atoms with E-state index in [2.05, 4.69) is 15.9 Å². The first-order valence-electron chi connectivity index (χ1n) is 10.5. The lowest BCUT2D eigenvalue weighted by atomic mass is 9.99. The molecule has 0 aliphatic carbocycles. The molecule has 0 spiro atoms. The van der Waals surface area contributed by atoms with Crippen molar-refractivity contribution in [1.29, 1.82) is 0 Å². The molecule has 1 aromatic heterocycles. The van der Waals surface area contributed by atoms with Crippen LogP contribution < -0.4 is 19.3 Å². The summed E-state index contributed by atoms with van der Waals surface area (Å²) in [5.74, 6) is 2.04. The van der Waals surface area contributed by atoms with Crippen LogP contribution in [0.5, 0.6) is 11.5 Å². The predicted molar refractivity (Wildman–Crippen MR) is 124 cm³/mol. The zero-order valence-corrected chi connectivity index (χ0v) is 18.6. The summed E-state index contributed by atoms with van der Waals surface area (Å²) in [5, 5.41) is 0.980. The van der Waals surface area contributed by atoms with Crippen LogP contribution in [0.2, 0.25) is 0 Å². The molecule has 0 saturated carbocycles. The van der Waals surface area contributed by atoms with Gasteiger partial charge in [-0.25, -0.2) is 4.98 Å². The van der Waals surface area contributed by atoms with Crippen molar-refractivity contribution < 1.29 is 14.3 Å². The maximum atomic E-state index is 13.0. The Kier molecular flexibility index (Phi) is 5.31. The molecule has 0 N–H and O–H groups in total. The fraction of sp³-hybridized carbons (Fsp3) is 0.391. The number of benzene rings is 2. The number of carbonyl (C=O) groups excluding carboxylic acids is 1. The van der Waals surface area contributed by atoms with Gasteiger partial charge in [0.15, 0.2) is 5.13 Å². The van der Waals surface area contributed by atoms with E-state index in [0.29, 0.717) is 0 Å². The minimum atomic E-state index is 0.0550. The van der Waals surface area contributed by atoms with E-state index in [1.54, 1.807) is 25.6 Å². The lowest BCUT2D eigenvalue weighted by Crippen LogP contribution is -2.58. The number of hydrogen-bond acceptors (Lipinski definition) is 7. The summed E-state index contributed by atoms with van der Waals surface area (Å²) in [7, 11) is 3.37. The third-order valence-corrected chi connectivity index (χ3v) is 7.18. The van der Waals surface area contributed by atoms with Crippen LogP contribution in [0, 0.1) is 5.92 Å². The molecule has 2 aliphatic rings. The quantitative estimate of drug-likeness (QED) is 0.610. The second-order valence-electron chi connectivity index (χ2n) is 7.92. The van der Waals surface area contributed by atoms with Crippen LogP contribution in [0.15, 0.2) is 42.5 Å². The van der Waals surface area contributed by atoms with Crippen molar-refractivity contribution in [2.75, 3.05) is 63.3 Å². The number of carbonyl (C=O) groups is 1. The first-order valence-corrected chi connectivity index (χ1v) is 11.3. The molecule has 2 saturated heterocycles. The number of ether oxygens (including phenoxy) is 2. The first kappa shape index (κ1) is 19.9. The summed E-state index contributed by atoms with van der Waals surface area (Å²) in [6, 6.07) is 14.0. The highest BCUT2D eigenvalue weighted by atomic mass is 32.1. The highest BCUT2D eigenvalue weighted by molar-refractivity contribution is 7.22. The molecule has 1 amide bonds. The number of para-hydroxylation sites is 2. The van der Waals surface area contributed by atoms with Crippen molar-refractivity contribution in [3.8, 4) is 11.5 Å². The molecular formula is C23H26N4O3S. The van der Waals surface area contributed by atoms with Gasteiger partial charge in [-0.15, -0.1) is 0 Å². The molecule has 7 nitrogen and oxygen atoms in total. The Balaban J connectivity index is 1.17. The van der Waals surface area contributed by atoms with Crippen molar-refractivity contribution in [2.24, 2.45) is 5.92 Å². The van der Waals surface area contributed by atoms with E-state index >= 15 is 0 Å². The van der Waals surface area contributed by atoms with Crippen LogP contribution in [0.3, 0.4) is 0 Å². The van der Waals surface area contributed by atoms with Gasteiger partial charge in [-0.05, 0) is 30.3 Å². The monoisotopic (exact) mass is 438 g/mol. The van der Waals surface area contributed by atoms with Crippen molar-refractivity contribution in [3.05, 3.63) is 42.5 Å². The largest absolute Gasteiger partial charge is 0.497 e. The Morgan fingerprint density at radius 3 is 2.52 bits per heavy atom. The average Bonchev–Trinajstić information content (AvgIpc) is 3.20. The molecular weight excluding hydrogens is 412 g/mol. The maximum absolute atomic E-state index is 13.0. The smallest absolute Gasteiger partial charge is 0.229 e. The number of piperazine rings is 1. The zero-order chi connectivity index (χ0) is 21.4. The van der Waals surface area contributed by atoms with Crippen molar-refractivity contribution >= 4 is 38.3 Å². The molecule has 2 fully saturated rings. The fourth-order valence-corrected chi connectivity index (χ4v) is 5.28. The molecule has 2 aromatic carbocycles. The Bertz CT molecular complexity index is 1090. The van der Waals surface area contributed by atoms with Crippen molar-refractivity contribution in [2.45, 2.75) is 0 Å². The van der Waals surface area contributed by atoms with E-state index in [-0.39, 0.29) is 11.8 Å². The number of anilines is 2. The van der Waals surface area contributed by atoms with Gasteiger partial charge in [-0.1, -0.05) is 23.5 Å². The van der Waals surface area contributed by atoms with E-state index in [4.69, 9.17) is 14.5 Å². The summed E-state index contributed by atoms with van der Waals surface area (Å²) in [6.45, 7) is 4.61. The standard InChI is InChI=1S/C23H26N4O3S/c1-29-17-7-8-18-21(13-17)31-23(24-18)27-14-16(15-27)22(28)26-11-9-25(10-12-26)19-5-3-4-6-20(19)30-2/h3-8,13,16H,9-12,14-15H2,1-2H3. The van der Waals surface area contributed by atoms with E-state index < -0.39 is 0 Å². The molecule has 3 aromatic rings. The third-order valence-electron chi connectivity index (χ3n) is 6.10. The summed E-state index contributed by atoms with van der Waals surface area (Å²) < 4.78 is 11.9. The van der Waals surface area contributed by atoms with Gasteiger partial charge in [-0.3, -0.25) is 4.79 Å². The van der Waals surface area contributed by atoms with Gasteiger partial charge in [0, 0.05) is 39.3 Å². The maximum Gasteiger partial charge on any atom is 0.229 e. The molecule has 3 heterocycles. The van der Waals surface area contributed by atoms with Crippen LogP contribution in [0.4, 0.5) is 10.8 Å². The number of fused-ring (bicyclic) bond motifs is 1. The number of rotatable bonds is 5. The Labute approximate surface area is 185 Å². The highest BCUT2D eigenvalue weighted by Gasteiger charge is 2.37. The number of hydrogen-bond donors (Lipinski definition) is 0. The van der Waals surface area contributed by atoms with Gasteiger partial charge >= 0.3 is 0 Å². The number of methoxy groups -OCH3 is 2. The zero-order valence-electron chi connectivity index (χ0n) is 17.8. The highest BCUT2D eigenvalue weighted by Crippen LogP contribution is 2.35. The second kappa shape index (κ2) is 8.26. The van der Waals surface area contributed by atoms with E-state index in [1.807, 2.05) is 41.3 Å². The molecule has 8 heteroatoms. The number of thiazole rings is 1. The fourth-order valence-electron chi connectivity index (χ4n) is 4.26. The molecule has 0 unspecified atom stereocenters. The van der Waals surface area contributed by atoms with Gasteiger partial charge in [0.05, 0.1) is 36.0 Å². The van der Waals surface area contributed by atoms with Crippen LogP contribution in [0.25, 0.3) is 10.2 Å².